The van der Waals surface area contributed by atoms with Gasteiger partial charge in [-0.05, 0) is 87.4 Å². The molecular formula is C24H26O4. The number of fused-ring (bicyclic) bond motifs is 3. The van der Waals surface area contributed by atoms with Gasteiger partial charge in [0.05, 0.1) is 10.8 Å². The van der Waals surface area contributed by atoms with Crippen LogP contribution < -0.4 is 9.47 Å². The van der Waals surface area contributed by atoms with Crippen molar-refractivity contribution in [3.05, 3.63) is 48.5 Å². The molecule has 0 saturated carbocycles. The van der Waals surface area contributed by atoms with Gasteiger partial charge >= 0.3 is 11.9 Å². The molecule has 0 atom stereocenters. The molecule has 4 heteroatoms. The summed E-state index contributed by atoms with van der Waals surface area (Å²) in [5.74, 6) is 0.529. The van der Waals surface area contributed by atoms with Crippen molar-refractivity contribution in [1.82, 2.24) is 0 Å². The minimum absolute atomic E-state index is 0.266. The fourth-order valence-corrected chi connectivity index (χ4v) is 2.67. The number of hydrogen-bond donors (Lipinski definition) is 0. The van der Waals surface area contributed by atoms with Crippen molar-refractivity contribution in [2.75, 3.05) is 0 Å². The molecule has 0 radical (unpaired) electrons. The van der Waals surface area contributed by atoms with E-state index in [4.69, 9.17) is 9.47 Å². The molecular weight excluding hydrogens is 352 g/mol. The smallest absolute Gasteiger partial charge is 0.316 e. The number of ether oxygens (including phenoxy) is 2. The van der Waals surface area contributed by atoms with E-state index >= 15 is 0 Å². The molecule has 28 heavy (non-hydrogen) atoms. The van der Waals surface area contributed by atoms with E-state index in [0.717, 1.165) is 21.5 Å². The predicted molar refractivity (Wildman–Crippen MR) is 112 cm³/mol. The summed E-state index contributed by atoms with van der Waals surface area (Å²) in [5, 5.41) is 4.04. The monoisotopic (exact) mass is 378 g/mol. The molecule has 3 rings (SSSR count). The van der Waals surface area contributed by atoms with Gasteiger partial charge in [0.25, 0.3) is 0 Å². The van der Waals surface area contributed by atoms with Crippen LogP contribution >= 0.6 is 0 Å². The van der Waals surface area contributed by atoms with Gasteiger partial charge in [-0.2, -0.15) is 0 Å². The molecule has 0 fully saturated rings. The zero-order valence-electron chi connectivity index (χ0n) is 17.3. The van der Waals surface area contributed by atoms with Gasteiger partial charge in [0.1, 0.15) is 11.5 Å². The molecule has 0 unspecified atom stereocenters. The lowest BCUT2D eigenvalue weighted by Crippen LogP contribution is -2.25. The Labute approximate surface area is 165 Å². The van der Waals surface area contributed by atoms with Crippen LogP contribution in [0, 0.1) is 10.8 Å². The highest BCUT2D eigenvalue weighted by molar-refractivity contribution is 6.08. The maximum Gasteiger partial charge on any atom is 0.316 e. The van der Waals surface area contributed by atoms with E-state index in [0.29, 0.717) is 11.5 Å². The zero-order chi connectivity index (χ0) is 20.7. The molecule has 0 heterocycles. The second kappa shape index (κ2) is 6.93. The first-order chi connectivity index (χ1) is 12.9. The first kappa shape index (κ1) is 19.9. The highest BCUT2D eigenvalue weighted by Gasteiger charge is 2.24. The molecule has 0 spiro atoms. The summed E-state index contributed by atoms with van der Waals surface area (Å²) in [7, 11) is 0. The average molecular weight is 378 g/mol. The first-order valence-corrected chi connectivity index (χ1v) is 9.36. The lowest BCUT2D eigenvalue weighted by Gasteiger charge is -2.17. The van der Waals surface area contributed by atoms with Gasteiger partial charge in [-0.25, -0.2) is 0 Å². The van der Waals surface area contributed by atoms with Crippen molar-refractivity contribution >= 4 is 33.5 Å². The number of benzene rings is 3. The Balaban J connectivity index is 1.94. The van der Waals surface area contributed by atoms with Crippen molar-refractivity contribution in [2.24, 2.45) is 10.8 Å². The summed E-state index contributed by atoms with van der Waals surface area (Å²) >= 11 is 0. The Hall–Kier alpha value is -2.88. The number of rotatable bonds is 2. The van der Waals surface area contributed by atoms with Gasteiger partial charge in [0.2, 0.25) is 0 Å². The van der Waals surface area contributed by atoms with Crippen molar-refractivity contribution in [2.45, 2.75) is 41.5 Å². The topological polar surface area (TPSA) is 52.6 Å². The third-order valence-electron chi connectivity index (χ3n) is 4.42. The molecule has 3 aromatic rings. The molecule has 0 amide bonds. The van der Waals surface area contributed by atoms with Crippen LogP contribution in [0.4, 0.5) is 0 Å². The summed E-state index contributed by atoms with van der Waals surface area (Å²) in [6.07, 6.45) is 0. The largest absolute Gasteiger partial charge is 0.426 e. The van der Waals surface area contributed by atoms with Crippen molar-refractivity contribution < 1.29 is 19.1 Å². The van der Waals surface area contributed by atoms with Crippen molar-refractivity contribution in [3.63, 3.8) is 0 Å². The van der Waals surface area contributed by atoms with E-state index in [2.05, 4.69) is 0 Å². The van der Waals surface area contributed by atoms with Crippen LogP contribution in [0.15, 0.2) is 48.5 Å². The van der Waals surface area contributed by atoms with E-state index in [9.17, 15) is 9.59 Å². The number of carbonyl (C=O) groups is 2. The van der Waals surface area contributed by atoms with Crippen LogP contribution in [-0.2, 0) is 9.59 Å². The van der Waals surface area contributed by atoms with Crippen LogP contribution in [0.1, 0.15) is 41.5 Å². The molecule has 4 nitrogen and oxygen atoms in total. The maximum atomic E-state index is 12.1. The number of hydrogen-bond acceptors (Lipinski definition) is 4. The van der Waals surface area contributed by atoms with Crippen LogP contribution in [0.25, 0.3) is 21.5 Å². The minimum atomic E-state index is -0.556. The number of carbonyl (C=O) groups excluding carboxylic acids is 2. The summed E-state index contributed by atoms with van der Waals surface area (Å²) in [6, 6.07) is 15.2. The fraction of sp³-hybridized carbons (Fsp3) is 0.333. The Bertz CT molecular complexity index is 979. The van der Waals surface area contributed by atoms with E-state index in [-0.39, 0.29) is 11.9 Å². The van der Waals surface area contributed by atoms with E-state index < -0.39 is 10.8 Å². The summed E-state index contributed by atoms with van der Waals surface area (Å²) in [4.78, 5) is 24.2. The van der Waals surface area contributed by atoms with E-state index in [1.165, 1.54) is 0 Å². The van der Waals surface area contributed by atoms with Gasteiger partial charge in [0.15, 0.2) is 0 Å². The lowest BCUT2D eigenvalue weighted by atomic mass is 9.97. The highest BCUT2D eigenvalue weighted by atomic mass is 16.5. The van der Waals surface area contributed by atoms with Crippen LogP contribution in [0.3, 0.4) is 0 Å². The van der Waals surface area contributed by atoms with Crippen molar-refractivity contribution in [1.29, 1.82) is 0 Å². The molecule has 0 N–H and O–H groups in total. The van der Waals surface area contributed by atoms with Crippen LogP contribution in [-0.4, -0.2) is 11.9 Å². The van der Waals surface area contributed by atoms with Gasteiger partial charge in [0, 0.05) is 0 Å². The third kappa shape index (κ3) is 4.16. The predicted octanol–water partition coefficient (Wildman–Crippen LogP) is 5.90. The maximum absolute atomic E-state index is 12.1. The normalized spacial score (nSPS) is 12.2. The number of esters is 2. The second-order valence-corrected chi connectivity index (χ2v) is 9.11. The standard InChI is InChI=1S/C24H26O4/c1-23(2,3)21(25)27-17-9-11-19-15(13-17)7-8-16-14-18(10-12-20(16)19)28-22(26)24(4,5)6/h7-14H,1-6H3. The van der Waals surface area contributed by atoms with Gasteiger partial charge < -0.3 is 9.47 Å². The second-order valence-electron chi connectivity index (χ2n) is 9.11. The SMILES string of the molecule is CC(C)(C)C(=O)Oc1ccc2c(ccc3cc(OC(=O)C(C)(C)C)ccc32)c1. The quantitative estimate of drug-likeness (QED) is 0.317. The third-order valence-corrected chi connectivity index (χ3v) is 4.42. The molecule has 0 aromatic heterocycles. The Morgan fingerprint density at radius 1 is 0.607 bits per heavy atom. The molecule has 146 valence electrons. The Morgan fingerprint density at radius 3 is 1.29 bits per heavy atom. The zero-order valence-corrected chi connectivity index (χ0v) is 17.3. The summed E-state index contributed by atoms with van der Waals surface area (Å²) < 4.78 is 11.0. The molecule has 0 aliphatic carbocycles. The molecule has 0 aliphatic heterocycles. The highest BCUT2D eigenvalue weighted by Crippen LogP contribution is 2.32. The van der Waals surface area contributed by atoms with Crippen LogP contribution in [0.2, 0.25) is 0 Å². The average Bonchev–Trinajstić information content (AvgIpc) is 2.59. The summed E-state index contributed by atoms with van der Waals surface area (Å²) in [6.45, 7) is 11.0. The first-order valence-electron chi connectivity index (χ1n) is 9.36. The molecule has 3 aromatic carbocycles. The molecule has 0 aliphatic rings. The Morgan fingerprint density at radius 2 is 0.964 bits per heavy atom. The van der Waals surface area contributed by atoms with Gasteiger partial charge in [-0.15, -0.1) is 0 Å². The summed E-state index contributed by atoms with van der Waals surface area (Å²) in [5.41, 5.74) is -1.11. The van der Waals surface area contributed by atoms with Gasteiger partial charge in [-0.1, -0.05) is 24.3 Å². The molecule has 0 bridgehead atoms. The van der Waals surface area contributed by atoms with Gasteiger partial charge in [-0.3, -0.25) is 9.59 Å². The fourth-order valence-electron chi connectivity index (χ4n) is 2.67. The van der Waals surface area contributed by atoms with E-state index in [1.54, 1.807) is 12.1 Å². The van der Waals surface area contributed by atoms with Crippen LogP contribution in [0.5, 0.6) is 11.5 Å². The lowest BCUT2D eigenvalue weighted by molar-refractivity contribution is -0.143. The van der Waals surface area contributed by atoms with Crippen molar-refractivity contribution in [3.8, 4) is 11.5 Å². The minimum Gasteiger partial charge on any atom is -0.426 e. The molecule has 0 saturated heterocycles. The van der Waals surface area contributed by atoms with E-state index in [1.807, 2.05) is 77.9 Å². The Kier molecular flexibility index (Phi) is 4.92.